The molecule has 3 aromatic rings. The maximum atomic E-state index is 10.6. The smallest absolute Gasteiger partial charge is 0.191 e. The highest BCUT2D eigenvalue weighted by atomic mass is 16.4. The third-order valence-electron chi connectivity index (χ3n) is 4.23. The fourth-order valence-corrected chi connectivity index (χ4v) is 2.78. The number of nitrogens with zero attached hydrogens (tertiary/aromatic N) is 1. The molecule has 1 unspecified atom stereocenters. The zero-order valence-electron chi connectivity index (χ0n) is 15.2. The molecule has 0 bridgehead atoms. The van der Waals surface area contributed by atoms with E-state index in [4.69, 9.17) is 4.42 Å². The van der Waals surface area contributed by atoms with Gasteiger partial charge in [0.15, 0.2) is 5.96 Å². The van der Waals surface area contributed by atoms with Crippen molar-refractivity contribution in [1.82, 2.24) is 10.6 Å². The predicted molar refractivity (Wildman–Crippen MR) is 105 cm³/mol. The molecule has 2 aromatic carbocycles. The van der Waals surface area contributed by atoms with Crippen molar-refractivity contribution in [1.29, 1.82) is 0 Å². The second kappa shape index (κ2) is 8.06. The van der Waals surface area contributed by atoms with Gasteiger partial charge in [0.05, 0.1) is 19.4 Å². The minimum Gasteiger partial charge on any atom is -0.466 e. The van der Waals surface area contributed by atoms with Crippen LogP contribution in [0.25, 0.3) is 10.8 Å². The molecule has 0 aliphatic heterocycles. The lowest BCUT2D eigenvalue weighted by molar-refractivity contribution is 0.0386. The molecule has 0 spiro atoms. The number of aliphatic imine (C=N–C) groups is 1. The standard InChI is InChI=1S/C21H25N3O2/c1-3-22-20(24-15-21(2,25)19-9-6-12-26-19)23-14-16-10-11-17-7-4-5-8-18(17)13-16/h4-13,25H,3,14-15H2,1-2H3,(H2,22,23,24). The fourth-order valence-electron chi connectivity index (χ4n) is 2.78. The Morgan fingerprint density at radius 3 is 2.62 bits per heavy atom. The molecule has 3 N–H and O–H groups in total. The Bertz CT molecular complexity index is 870. The third-order valence-corrected chi connectivity index (χ3v) is 4.23. The van der Waals surface area contributed by atoms with Gasteiger partial charge in [-0.1, -0.05) is 36.4 Å². The second-order valence-electron chi connectivity index (χ2n) is 6.48. The van der Waals surface area contributed by atoms with Crippen LogP contribution in [0.5, 0.6) is 0 Å². The van der Waals surface area contributed by atoms with E-state index < -0.39 is 5.60 Å². The van der Waals surface area contributed by atoms with Crippen LogP contribution in [0.2, 0.25) is 0 Å². The molecule has 1 atom stereocenters. The second-order valence-corrected chi connectivity index (χ2v) is 6.48. The average molecular weight is 351 g/mol. The van der Waals surface area contributed by atoms with E-state index in [-0.39, 0.29) is 0 Å². The first-order valence-electron chi connectivity index (χ1n) is 8.85. The fraction of sp³-hybridized carbons (Fsp3) is 0.286. The Labute approximate surface area is 153 Å². The Morgan fingerprint density at radius 2 is 1.88 bits per heavy atom. The van der Waals surface area contributed by atoms with E-state index in [9.17, 15) is 5.11 Å². The number of hydrogen-bond donors (Lipinski definition) is 3. The first-order valence-corrected chi connectivity index (χ1v) is 8.85. The number of nitrogens with one attached hydrogen (secondary N) is 2. The summed E-state index contributed by atoms with van der Waals surface area (Å²) in [7, 11) is 0. The maximum Gasteiger partial charge on any atom is 0.191 e. The van der Waals surface area contributed by atoms with E-state index in [0.29, 0.717) is 24.8 Å². The molecular formula is C21H25N3O2. The third kappa shape index (κ3) is 4.43. The van der Waals surface area contributed by atoms with Crippen LogP contribution in [0.15, 0.2) is 70.3 Å². The highest BCUT2D eigenvalue weighted by Gasteiger charge is 2.26. The van der Waals surface area contributed by atoms with Crippen LogP contribution in [0.4, 0.5) is 0 Å². The van der Waals surface area contributed by atoms with Crippen molar-refractivity contribution in [3.05, 3.63) is 72.2 Å². The minimum absolute atomic E-state index is 0.296. The number of benzene rings is 2. The Hall–Kier alpha value is -2.79. The summed E-state index contributed by atoms with van der Waals surface area (Å²) in [5.74, 6) is 1.18. The monoisotopic (exact) mass is 351 g/mol. The van der Waals surface area contributed by atoms with Gasteiger partial charge in [0.25, 0.3) is 0 Å². The largest absolute Gasteiger partial charge is 0.466 e. The molecular weight excluding hydrogens is 326 g/mol. The van der Waals surface area contributed by atoms with Crippen molar-refractivity contribution >= 4 is 16.7 Å². The average Bonchev–Trinajstić information content (AvgIpc) is 3.19. The molecule has 0 saturated carbocycles. The number of guanidine groups is 1. The Morgan fingerprint density at radius 1 is 1.08 bits per heavy atom. The molecule has 3 rings (SSSR count). The van der Waals surface area contributed by atoms with E-state index in [1.165, 1.54) is 10.8 Å². The number of rotatable bonds is 6. The van der Waals surface area contributed by atoms with Gasteiger partial charge < -0.3 is 20.2 Å². The topological polar surface area (TPSA) is 69.8 Å². The van der Waals surface area contributed by atoms with Gasteiger partial charge >= 0.3 is 0 Å². The number of aliphatic hydroxyl groups is 1. The quantitative estimate of drug-likeness (QED) is 0.470. The zero-order valence-corrected chi connectivity index (χ0v) is 15.2. The SMILES string of the molecule is CCNC(=NCc1ccc2ccccc2c1)NCC(C)(O)c1ccco1. The van der Waals surface area contributed by atoms with Gasteiger partial charge in [-0.15, -0.1) is 0 Å². The van der Waals surface area contributed by atoms with Gasteiger partial charge in [0.2, 0.25) is 0 Å². The molecule has 0 fully saturated rings. The molecule has 26 heavy (non-hydrogen) atoms. The van der Waals surface area contributed by atoms with Crippen molar-refractivity contribution in [2.45, 2.75) is 26.0 Å². The van der Waals surface area contributed by atoms with E-state index in [1.807, 2.05) is 19.1 Å². The van der Waals surface area contributed by atoms with Gasteiger partial charge in [-0.05, 0) is 48.4 Å². The zero-order chi connectivity index (χ0) is 18.4. The summed E-state index contributed by atoms with van der Waals surface area (Å²) in [6, 6.07) is 18.2. The van der Waals surface area contributed by atoms with Crippen LogP contribution in [-0.4, -0.2) is 24.2 Å². The van der Waals surface area contributed by atoms with E-state index in [2.05, 4.69) is 46.0 Å². The van der Waals surface area contributed by atoms with Crippen molar-refractivity contribution in [3.63, 3.8) is 0 Å². The van der Waals surface area contributed by atoms with E-state index >= 15 is 0 Å². The molecule has 0 amide bonds. The lowest BCUT2D eigenvalue weighted by Crippen LogP contribution is -2.44. The van der Waals surface area contributed by atoms with Crippen molar-refractivity contribution in [3.8, 4) is 0 Å². The van der Waals surface area contributed by atoms with Crippen LogP contribution in [0.1, 0.15) is 25.2 Å². The highest BCUT2D eigenvalue weighted by molar-refractivity contribution is 5.83. The number of furan rings is 1. The molecule has 1 aromatic heterocycles. The summed E-state index contributed by atoms with van der Waals surface area (Å²) in [4.78, 5) is 4.63. The normalized spacial score (nSPS) is 14.2. The predicted octanol–water partition coefficient (Wildman–Crippen LogP) is 3.40. The molecule has 0 radical (unpaired) electrons. The van der Waals surface area contributed by atoms with Crippen LogP contribution >= 0.6 is 0 Å². The molecule has 0 aliphatic carbocycles. The lowest BCUT2D eigenvalue weighted by Gasteiger charge is -2.22. The van der Waals surface area contributed by atoms with Crippen molar-refractivity contribution in [2.24, 2.45) is 4.99 Å². The molecule has 0 aliphatic rings. The van der Waals surface area contributed by atoms with Crippen molar-refractivity contribution in [2.75, 3.05) is 13.1 Å². The molecule has 5 nitrogen and oxygen atoms in total. The number of hydrogen-bond acceptors (Lipinski definition) is 3. The van der Waals surface area contributed by atoms with Crippen LogP contribution in [0.3, 0.4) is 0 Å². The maximum absolute atomic E-state index is 10.6. The van der Waals surface area contributed by atoms with Crippen LogP contribution in [0, 0.1) is 0 Å². The summed E-state index contributed by atoms with van der Waals surface area (Å²) in [6.45, 7) is 5.32. The Balaban J connectivity index is 1.68. The molecule has 5 heteroatoms. The van der Waals surface area contributed by atoms with Gasteiger partial charge in [-0.2, -0.15) is 0 Å². The molecule has 136 valence electrons. The molecule has 1 heterocycles. The van der Waals surface area contributed by atoms with Gasteiger partial charge in [0.1, 0.15) is 11.4 Å². The van der Waals surface area contributed by atoms with Gasteiger partial charge in [0, 0.05) is 6.54 Å². The van der Waals surface area contributed by atoms with Crippen LogP contribution < -0.4 is 10.6 Å². The van der Waals surface area contributed by atoms with Crippen LogP contribution in [-0.2, 0) is 12.1 Å². The first kappa shape index (κ1) is 18.0. The highest BCUT2D eigenvalue weighted by Crippen LogP contribution is 2.20. The summed E-state index contributed by atoms with van der Waals surface area (Å²) >= 11 is 0. The van der Waals surface area contributed by atoms with Gasteiger partial charge in [-0.25, -0.2) is 4.99 Å². The van der Waals surface area contributed by atoms with Gasteiger partial charge in [-0.3, -0.25) is 0 Å². The summed E-state index contributed by atoms with van der Waals surface area (Å²) in [6.07, 6.45) is 1.56. The minimum atomic E-state index is -1.11. The van der Waals surface area contributed by atoms with E-state index in [0.717, 1.165) is 12.1 Å². The lowest BCUT2D eigenvalue weighted by atomic mass is 10.0. The summed E-state index contributed by atoms with van der Waals surface area (Å²) in [5.41, 5.74) is 0.0292. The first-order chi connectivity index (χ1) is 12.6. The van der Waals surface area contributed by atoms with E-state index in [1.54, 1.807) is 25.3 Å². The van der Waals surface area contributed by atoms with Crippen molar-refractivity contribution < 1.29 is 9.52 Å². The summed E-state index contributed by atoms with van der Waals surface area (Å²) in [5, 5.41) is 19.4. The number of fused-ring (bicyclic) bond motifs is 1. The summed E-state index contributed by atoms with van der Waals surface area (Å²) < 4.78 is 5.31. The Kier molecular flexibility index (Phi) is 5.58. The molecule has 0 saturated heterocycles.